The zero-order valence-corrected chi connectivity index (χ0v) is 48.6. The molecule has 4 fully saturated rings. The zero-order valence-electron chi connectivity index (χ0n) is 48.6. The number of carbonyl (C=O) groups excluding carboxylic acids is 5. The minimum atomic E-state index is -0.733. The van der Waals surface area contributed by atoms with Gasteiger partial charge in [0.05, 0.1) is 28.7 Å². The molecule has 18 nitrogen and oxygen atoms in total. The second-order valence-electron chi connectivity index (χ2n) is 21.4. The van der Waals surface area contributed by atoms with Crippen LogP contribution in [0.15, 0.2) is 74.0 Å². The van der Waals surface area contributed by atoms with Gasteiger partial charge in [0.15, 0.2) is 12.1 Å². The number of halogens is 2. The van der Waals surface area contributed by atoms with E-state index in [-0.39, 0.29) is 74.0 Å². The molecule has 444 valence electrons. The molecule has 4 saturated heterocycles. The van der Waals surface area contributed by atoms with Crippen LogP contribution >= 0.6 is 0 Å². The van der Waals surface area contributed by atoms with Crippen molar-refractivity contribution in [3.8, 4) is 35.4 Å². The van der Waals surface area contributed by atoms with Crippen LogP contribution in [0.25, 0.3) is 32.9 Å². The van der Waals surface area contributed by atoms with Gasteiger partial charge in [-0.2, -0.15) is 9.97 Å². The lowest BCUT2D eigenvalue weighted by atomic mass is 9.94. The van der Waals surface area contributed by atoms with E-state index in [1.807, 2.05) is 20.8 Å². The highest BCUT2D eigenvalue weighted by Gasteiger charge is 2.51. The first-order valence-electron chi connectivity index (χ1n) is 28.3. The predicted molar refractivity (Wildman–Crippen MR) is 321 cm³/mol. The summed E-state index contributed by atoms with van der Waals surface area (Å²) in [4.78, 5) is 77.0. The van der Waals surface area contributed by atoms with E-state index >= 15 is 4.39 Å². The molecule has 5 aromatic rings. The fraction of sp³-hybridized carbons (Fsp3) is 0.460. The van der Waals surface area contributed by atoms with Gasteiger partial charge in [0.1, 0.15) is 48.0 Å². The molecule has 3 unspecified atom stereocenters. The Morgan fingerprint density at radius 1 is 1.02 bits per heavy atom. The lowest BCUT2D eigenvalue weighted by Gasteiger charge is -2.35. The predicted octanol–water partition coefficient (Wildman–Crippen LogP) is 8.54. The number of ether oxygens (including phenoxy) is 2. The molecule has 6 heterocycles. The number of amides is 3. The summed E-state index contributed by atoms with van der Waals surface area (Å²) in [5.41, 5.74) is 1.80. The number of carbonyl (C=O) groups is 5. The number of anilines is 2. The Kier molecular flexibility index (Phi) is 23.7. The average Bonchev–Trinajstić information content (AvgIpc) is 4.39. The van der Waals surface area contributed by atoms with Crippen molar-refractivity contribution in [3.05, 3.63) is 102 Å². The molecule has 0 radical (unpaired) electrons. The molecule has 3 aromatic carbocycles. The van der Waals surface area contributed by atoms with Crippen LogP contribution in [-0.4, -0.2) is 158 Å². The van der Waals surface area contributed by atoms with Gasteiger partial charge in [-0.05, 0) is 107 Å². The maximum absolute atomic E-state index is 16.9. The van der Waals surface area contributed by atoms with E-state index in [0.29, 0.717) is 79.8 Å². The Morgan fingerprint density at radius 2 is 1.75 bits per heavy atom. The summed E-state index contributed by atoms with van der Waals surface area (Å²) in [6, 6.07) is 10.5. The maximum Gasteiger partial charge on any atom is 0.319 e. The van der Waals surface area contributed by atoms with Crippen molar-refractivity contribution in [1.82, 2.24) is 40.7 Å². The molecular formula is C63H80F2N10O8. The van der Waals surface area contributed by atoms with Crippen LogP contribution < -0.4 is 30.9 Å². The van der Waals surface area contributed by atoms with Crippen LogP contribution in [0.5, 0.6) is 11.8 Å². The molecule has 0 spiro atoms. The van der Waals surface area contributed by atoms with Crippen molar-refractivity contribution >= 4 is 64.0 Å². The van der Waals surface area contributed by atoms with Crippen LogP contribution in [-0.2, 0) is 19.1 Å². The first-order valence-corrected chi connectivity index (χ1v) is 28.3. The Morgan fingerprint density at radius 3 is 2.42 bits per heavy atom. The number of unbranched alkanes of at least 4 members (excludes halogenated alkanes) is 4. The number of methoxy groups -OCH3 is 1. The Bertz CT molecular complexity index is 3140. The number of terminal acetylenes is 1. The molecule has 4 aliphatic heterocycles. The molecule has 5 N–H and O–H groups in total. The number of phenols is 1. The molecule has 83 heavy (non-hydrogen) atoms. The standard InChI is InChI=1S/C36H36F2N6O3.C24H38N4O4.C2H4.CH2O/c1-4-26-29(37)8-5-21-11-25(45)12-27(30(21)26)32-31(38)33-28(14-39-32)34(43-16-22-6-7-23(17-43)40-22)42-35(41-33)47-19-36-10-9-24(18-46-3)44(36)15-20(2)13-36;1-5-11-21(23(31)26-3)28(4)24(32)20-14-13-19(16-18(20)17-29)27-22(30)12-9-7-6-8-10-15-25-2;2*1-2/h1,5,8,11-12,14,22-24,40,45H,2,6-7,9-10,13,15-19H2,3H3;13-14,16-17,21,25H,5-12,15H2,1-4H3,(H,26,31)(H,27,30);1-2H2;1H2/t22?,23?,24-,36-;;;/m0.../s1. The topological polar surface area (TPSA) is 221 Å². The van der Waals surface area contributed by atoms with Crippen molar-refractivity contribution in [2.75, 3.05) is 77.9 Å². The number of pyridine rings is 1. The Labute approximate surface area is 485 Å². The van der Waals surface area contributed by atoms with E-state index in [1.54, 1.807) is 26.4 Å². The normalized spacial score (nSPS) is 19.0. The number of piperazine rings is 1. The van der Waals surface area contributed by atoms with Gasteiger partial charge < -0.3 is 50.4 Å². The number of phenolic OH excluding ortho intramolecular Hbond substituents is 1. The van der Waals surface area contributed by atoms with Crippen LogP contribution in [0.3, 0.4) is 0 Å². The lowest BCUT2D eigenvalue weighted by Crippen LogP contribution is -2.51. The molecule has 0 saturated carbocycles. The minimum Gasteiger partial charge on any atom is -0.508 e. The summed E-state index contributed by atoms with van der Waals surface area (Å²) < 4.78 is 43.7. The first kappa shape index (κ1) is 64.5. The lowest BCUT2D eigenvalue weighted by molar-refractivity contribution is -0.125. The smallest absolute Gasteiger partial charge is 0.319 e. The Hall–Kier alpha value is -7.70. The summed E-state index contributed by atoms with van der Waals surface area (Å²) in [5.74, 6) is 0.697. The largest absolute Gasteiger partial charge is 0.508 e. The number of rotatable bonds is 22. The first-order chi connectivity index (χ1) is 40.1. The van der Waals surface area contributed by atoms with Gasteiger partial charge in [0, 0.05) is 93.8 Å². The number of aromatic hydroxyl groups is 1. The van der Waals surface area contributed by atoms with E-state index in [4.69, 9.17) is 25.7 Å². The van der Waals surface area contributed by atoms with E-state index in [1.165, 1.54) is 48.3 Å². The number of nitrogens with one attached hydrogen (secondary N) is 4. The highest BCUT2D eigenvalue weighted by Crippen LogP contribution is 2.45. The van der Waals surface area contributed by atoms with Gasteiger partial charge in [0.25, 0.3) is 5.91 Å². The monoisotopic (exact) mass is 1140 g/mol. The maximum atomic E-state index is 16.9. The van der Waals surface area contributed by atoms with E-state index in [9.17, 15) is 28.7 Å². The number of hydrogen-bond donors (Lipinski definition) is 5. The van der Waals surface area contributed by atoms with Crippen molar-refractivity contribution < 1.29 is 47.3 Å². The zero-order chi connectivity index (χ0) is 60.4. The molecule has 3 amide bonds. The SMILES string of the molecule is C#Cc1c(F)ccc2cc(O)cc(-c3ncc4c(N5CC6CCC(C5)N6)nc(OC[C@@]56CC[C@@H](COC)N5CC(=C)C6)nc4c3F)c12.C=C.C=O.CCCC(C(=O)NC)N(C)C(=O)c1ccc(NC(=O)CCCCCCCNC)cc1C=O. The van der Waals surface area contributed by atoms with Crippen molar-refractivity contribution in [2.24, 2.45) is 0 Å². The third-order valence-electron chi connectivity index (χ3n) is 15.8. The highest BCUT2D eigenvalue weighted by atomic mass is 19.1. The second kappa shape index (κ2) is 30.6. The highest BCUT2D eigenvalue weighted by molar-refractivity contribution is 6.05. The number of likely N-dealkylation sites (N-methyl/N-ethyl adjacent to an activating group) is 2. The van der Waals surface area contributed by atoms with Crippen molar-refractivity contribution in [1.29, 1.82) is 0 Å². The van der Waals surface area contributed by atoms with Crippen LogP contribution in [0, 0.1) is 24.0 Å². The third-order valence-corrected chi connectivity index (χ3v) is 15.8. The number of fused-ring (bicyclic) bond motifs is 5. The summed E-state index contributed by atoms with van der Waals surface area (Å²) in [7, 11) is 6.74. The van der Waals surface area contributed by atoms with Crippen molar-refractivity contribution in [3.63, 3.8) is 0 Å². The van der Waals surface area contributed by atoms with Gasteiger partial charge >= 0.3 is 6.01 Å². The van der Waals surface area contributed by atoms with Crippen LogP contribution in [0.4, 0.5) is 20.3 Å². The Balaban J connectivity index is 0.000000271. The van der Waals surface area contributed by atoms with Gasteiger partial charge in [-0.25, -0.2) is 8.78 Å². The quantitative estimate of drug-likeness (QED) is 0.0190. The van der Waals surface area contributed by atoms with E-state index in [0.717, 1.165) is 89.3 Å². The molecule has 5 atom stereocenters. The molecule has 0 aliphatic carbocycles. The van der Waals surface area contributed by atoms with Crippen LogP contribution in [0.2, 0.25) is 0 Å². The van der Waals surface area contributed by atoms with E-state index in [2.05, 4.69) is 66.7 Å². The number of nitrogens with zero attached hydrogens (tertiary/aromatic N) is 6. The fourth-order valence-electron chi connectivity index (χ4n) is 11.9. The van der Waals surface area contributed by atoms with Crippen molar-refractivity contribution in [2.45, 2.75) is 120 Å². The molecule has 9 rings (SSSR count). The molecule has 4 aliphatic rings. The summed E-state index contributed by atoms with van der Waals surface area (Å²) in [6.45, 7) is 18.4. The average molecular weight is 1140 g/mol. The summed E-state index contributed by atoms with van der Waals surface area (Å²) >= 11 is 0. The van der Waals surface area contributed by atoms with Crippen LogP contribution in [0.1, 0.15) is 117 Å². The number of hydrogen-bond acceptors (Lipinski definition) is 15. The molecule has 2 bridgehead atoms. The third kappa shape index (κ3) is 15.1. The fourth-order valence-corrected chi connectivity index (χ4v) is 11.9. The molecule has 20 heteroatoms. The molecular weight excluding hydrogens is 1060 g/mol. The molecule has 2 aromatic heterocycles. The van der Waals surface area contributed by atoms with E-state index < -0.39 is 23.6 Å². The van der Waals surface area contributed by atoms with Gasteiger partial charge in [-0.3, -0.25) is 29.1 Å². The number of aromatic nitrogens is 3. The van der Waals surface area contributed by atoms with Gasteiger partial charge in [-0.1, -0.05) is 56.7 Å². The summed E-state index contributed by atoms with van der Waals surface area (Å²) in [5, 5.41) is 23.9. The second-order valence-corrected chi connectivity index (χ2v) is 21.4. The summed E-state index contributed by atoms with van der Waals surface area (Å²) in [6.07, 6.45) is 19.5. The minimum absolute atomic E-state index is 0.0323. The van der Waals surface area contributed by atoms with Gasteiger partial charge in [0.2, 0.25) is 11.8 Å². The van der Waals surface area contributed by atoms with Gasteiger partial charge in [-0.15, -0.1) is 19.6 Å². The number of aldehydes is 1. The number of benzene rings is 3.